The molecule has 0 radical (unpaired) electrons. The van der Waals surface area contributed by atoms with Gasteiger partial charge in [-0.25, -0.2) is 9.37 Å². The van der Waals surface area contributed by atoms with Crippen LogP contribution in [0.4, 0.5) is 4.39 Å². The van der Waals surface area contributed by atoms with Gasteiger partial charge in [0.05, 0.1) is 23.5 Å². The second-order valence-corrected chi connectivity index (χ2v) is 5.39. The molecule has 3 rings (SSSR count). The van der Waals surface area contributed by atoms with Crippen molar-refractivity contribution < 1.29 is 9.13 Å². The van der Waals surface area contributed by atoms with E-state index in [1.54, 1.807) is 6.07 Å². The third-order valence-electron chi connectivity index (χ3n) is 3.32. The van der Waals surface area contributed by atoms with Crippen LogP contribution in [0, 0.1) is 5.82 Å². The van der Waals surface area contributed by atoms with Crippen LogP contribution in [0.3, 0.4) is 0 Å². The summed E-state index contributed by atoms with van der Waals surface area (Å²) >= 11 is 6.23. The normalized spacial score (nSPS) is 12.6. The zero-order valence-electron chi connectivity index (χ0n) is 11.7. The summed E-state index contributed by atoms with van der Waals surface area (Å²) in [6.07, 6.45) is 0. The number of aromatic nitrogens is 2. The number of ether oxygens (including phenoxy) is 1. The first-order chi connectivity index (χ1) is 10.1. The maximum absolute atomic E-state index is 13.9. The minimum atomic E-state index is -0.434. The van der Waals surface area contributed by atoms with E-state index >= 15 is 0 Å². The molecule has 1 atom stereocenters. The first kappa shape index (κ1) is 13.9. The second-order valence-electron chi connectivity index (χ2n) is 4.73. The number of halogens is 2. The highest BCUT2D eigenvalue weighted by Gasteiger charge is 2.18. The van der Waals surface area contributed by atoms with Gasteiger partial charge in [-0.3, -0.25) is 4.57 Å². The molecule has 21 heavy (non-hydrogen) atoms. The summed E-state index contributed by atoms with van der Waals surface area (Å²) < 4.78 is 20.8. The summed E-state index contributed by atoms with van der Waals surface area (Å²) in [7, 11) is 1.44. The second kappa shape index (κ2) is 5.37. The van der Waals surface area contributed by atoms with Gasteiger partial charge in [0.1, 0.15) is 5.82 Å². The minimum absolute atomic E-state index is 0.188. The molecular formula is C16H14ClFN2O. The van der Waals surface area contributed by atoms with Crippen molar-refractivity contribution >= 4 is 22.6 Å². The number of alkyl halides is 1. The Balaban J connectivity index is 2.36. The molecule has 3 aromatic rings. The van der Waals surface area contributed by atoms with Gasteiger partial charge in [0.15, 0.2) is 11.6 Å². The van der Waals surface area contributed by atoms with Gasteiger partial charge in [0.25, 0.3) is 0 Å². The molecule has 0 aliphatic carbocycles. The summed E-state index contributed by atoms with van der Waals surface area (Å²) in [5.74, 6) is 0.426. The van der Waals surface area contributed by atoms with Crippen molar-refractivity contribution in [2.45, 2.75) is 12.3 Å². The number of para-hydroxylation sites is 1. The van der Waals surface area contributed by atoms with Crippen molar-refractivity contribution in [1.29, 1.82) is 0 Å². The van der Waals surface area contributed by atoms with Crippen LogP contribution >= 0.6 is 11.6 Å². The van der Waals surface area contributed by atoms with Gasteiger partial charge in [0.2, 0.25) is 0 Å². The molecule has 0 N–H and O–H groups in total. The standard InChI is InChI=1S/C16H14ClFN2O/c1-10(17)16-19-13-8-12(18)15(21-2)9-14(13)20(16)11-6-4-3-5-7-11/h3-10H,1-2H3. The van der Waals surface area contributed by atoms with Crippen LogP contribution in [-0.4, -0.2) is 16.7 Å². The Kier molecular flexibility index (Phi) is 3.55. The fourth-order valence-corrected chi connectivity index (χ4v) is 2.52. The summed E-state index contributed by atoms with van der Waals surface area (Å²) in [6, 6.07) is 12.7. The Morgan fingerprint density at radius 3 is 2.57 bits per heavy atom. The Labute approximate surface area is 126 Å². The van der Waals surface area contributed by atoms with Crippen LogP contribution in [0.1, 0.15) is 18.1 Å². The summed E-state index contributed by atoms with van der Waals surface area (Å²) in [6.45, 7) is 1.84. The van der Waals surface area contributed by atoms with Crippen LogP contribution in [0.5, 0.6) is 5.75 Å². The molecule has 1 aromatic heterocycles. The fraction of sp³-hybridized carbons (Fsp3) is 0.188. The van der Waals surface area contributed by atoms with E-state index in [4.69, 9.17) is 16.3 Å². The number of hydrogen-bond acceptors (Lipinski definition) is 2. The summed E-state index contributed by atoms with van der Waals surface area (Å²) in [4.78, 5) is 4.46. The van der Waals surface area contributed by atoms with Crippen molar-refractivity contribution in [3.05, 3.63) is 54.1 Å². The van der Waals surface area contributed by atoms with Gasteiger partial charge in [-0.2, -0.15) is 0 Å². The summed E-state index contributed by atoms with van der Waals surface area (Å²) in [5, 5.41) is -0.299. The number of methoxy groups -OCH3 is 1. The number of hydrogen-bond donors (Lipinski definition) is 0. The topological polar surface area (TPSA) is 27.1 Å². The predicted octanol–water partition coefficient (Wildman–Crippen LogP) is 4.47. The Morgan fingerprint density at radius 2 is 1.95 bits per heavy atom. The zero-order valence-corrected chi connectivity index (χ0v) is 12.4. The first-order valence-corrected chi connectivity index (χ1v) is 7.01. The van der Waals surface area contributed by atoms with Crippen molar-refractivity contribution in [2.75, 3.05) is 7.11 Å². The van der Waals surface area contributed by atoms with Gasteiger partial charge in [-0.15, -0.1) is 11.6 Å². The number of rotatable bonds is 3. The third-order valence-corrected chi connectivity index (χ3v) is 3.52. The zero-order chi connectivity index (χ0) is 15.0. The van der Waals surface area contributed by atoms with Gasteiger partial charge in [-0.05, 0) is 19.1 Å². The van der Waals surface area contributed by atoms with E-state index < -0.39 is 5.82 Å². The largest absolute Gasteiger partial charge is 0.494 e. The fourth-order valence-electron chi connectivity index (χ4n) is 2.37. The Hall–Kier alpha value is -2.07. The van der Waals surface area contributed by atoms with Crippen LogP contribution in [0.25, 0.3) is 16.7 Å². The van der Waals surface area contributed by atoms with E-state index in [9.17, 15) is 4.39 Å². The third kappa shape index (κ3) is 2.36. The molecule has 108 valence electrons. The lowest BCUT2D eigenvalue weighted by atomic mass is 10.2. The number of imidazole rings is 1. The van der Waals surface area contributed by atoms with Crippen LogP contribution in [-0.2, 0) is 0 Å². The van der Waals surface area contributed by atoms with Crippen molar-refractivity contribution in [3.8, 4) is 11.4 Å². The monoisotopic (exact) mass is 304 g/mol. The number of benzene rings is 2. The molecule has 0 saturated carbocycles. The lowest BCUT2D eigenvalue weighted by Crippen LogP contribution is -2.01. The van der Waals surface area contributed by atoms with E-state index in [0.29, 0.717) is 11.3 Å². The Morgan fingerprint density at radius 1 is 1.24 bits per heavy atom. The molecule has 0 spiro atoms. The van der Waals surface area contributed by atoms with Crippen molar-refractivity contribution in [1.82, 2.24) is 9.55 Å². The maximum Gasteiger partial charge on any atom is 0.167 e. The highest BCUT2D eigenvalue weighted by Crippen LogP contribution is 2.31. The van der Waals surface area contributed by atoms with Crippen molar-refractivity contribution in [2.24, 2.45) is 0 Å². The van der Waals surface area contributed by atoms with Gasteiger partial charge in [0, 0.05) is 17.8 Å². The Bertz CT molecular complexity index is 784. The van der Waals surface area contributed by atoms with Gasteiger partial charge < -0.3 is 4.74 Å². The highest BCUT2D eigenvalue weighted by molar-refractivity contribution is 6.20. The average molecular weight is 305 g/mol. The lowest BCUT2D eigenvalue weighted by Gasteiger charge is -2.11. The molecular weight excluding hydrogens is 291 g/mol. The molecule has 0 aliphatic rings. The van der Waals surface area contributed by atoms with E-state index in [1.807, 2.05) is 41.8 Å². The molecule has 0 amide bonds. The van der Waals surface area contributed by atoms with Crippen molar-refractivity contribution in [3.63, 3.8) is 0 Å². The molecule has 1 unspecified atom stereocenters. The molecule has 5 heteroatoms. The number of fused-ring (bicyclic) bond motifs is 1. The van der Waals surface area contributed by atoms with Crippen LogP contribution in [0.2, 0.25) is 0 Å². The van der Waals surface area contributed by atoms with E-state index in [0.717, 1.165) is 11.2 Å². The average Bonchev–Trinajstić information content (AvgIpc) is 2.85. The van der Waals surface area contributed by atoms with E-state index in [-0.39, 0.29) is 11.1 Å². The highest BCUT2D eigenvalue weighted by atomic mass is 35.5. The molecule has 0 aliphatic heterocycles. The van der Waals surface area contributed by atoms with Crippen LogP contribution in [0.15, 0.2) is 42.5 Å². The maximum atomic E-state index is 13.9. The predicted molar refractivity (Wildman–Crippen MR) is 81.8 cm³/mol. The van der Waals surface area contributed by atoms with Crippen LogP contribution < -0.4 is 4.74 Å². The molecule has 0 bridgehead atoms. The summed E-state index contributed by atoms with van der Waals surface area (Å²) in [5.41, 5.74) is 2.25. The smallest absolute Gasteiger partial charge is 0.167 e. The van der Waals surface area contributed by atoms with Gasteiger partial charge >= 0.3 is 0 Å². The molecule has 0 fully saturated rings. The van der Waals surface area contributed by atoms with E-state index in [2.05, 4.69) is 4.98 Å². The molecule has 0 saturated heterocycles. The van der Waals surface area contributed by atoms with E-state index in [1.165, 1.54) is 13.2 Å². The molecule has 1 heterocycles. The lowest BCUT2D eigenvalue weighted by molar-refractivity contribution is 0.387. The molecule has 3 nitrogen and oxygen atoms in total. The SMILES string of the molecule is COc1cc2c(cc1F)nc(C(C)Cl)n2-c1ccccc1. The molecule has 2 aromatic carbocycles. The minimum Gasteiger partial charge on any atom is -0.494 e. The number of nitrogens with zero attached hydrogens (tertiary/aromatic N) is 2. The quantitative estimate of drug-likeness (QED) is 0.667. The van der Waals surface area contributed by atoms with Gasteiger partial charge in [-0.1, -0.05) is 18.2 Å². The first-order valence-electron chi connectivity index (χ1n) is 6.57.